The molecule has 1 amide bonds. The summed E-state index contributed by atoms with van der Waals surface area (Å²) in [4.78, 5) is 12.0. The maximum absolute atomic E-state index is 12.0. The molecule has 1 unspecified atom stereocenters. The maximum Gasteiger partial charge on any atom is 0.407 e. The zero-order valence-electron chi connectivity index (χ0n) is 16.5. The second-order valence-corrected chi connectivity index (χ2v) is 8.28. The smallest absolute Gasteiger partial charge is 0.407 e. The van der Waals surface area contributed by atoms with Gasteiger partial charge in [0.25, 0.3) is 0 Å². The van der Waals surface area contributed by atoms with E-state index in [9.17, 15) is 4.79 Å². The van der Waals surface area contributed by atoms with Gasteiger partial charge in [0.15, 0.2) is 0 Å². The molecule has 0 radical (unpaired) electrons. The molecule has 4 nitrogen and oxygen atoms in total. The number of fused-ring (bicyclic) bond motifs is 1. The highest BCUT2D eigenvalue weighted by atomic mass is 16.6. The van der Waals surface area contributed by atoms with Gasteiger partial charge >= 0.3 is 6.09 Å². The molecule has 1 aliphatic carbocycles. The summed E-state index contributed by atoms with van der Waals surface area (Å²) < 4.78 is 5.37. The lowest BCUT2D eigenvalue weighted by atomic mass is 9.87. The maximum atomic E-state index is 12.0. The van der Waals surface area contributed by atoms with Crippen LogP contribution in [0.25, 0.3) is 0 Å². The van der Waals surface area contributed by atoms with Gasteiger partial charge in [-0.15, -0.1) is 0 Å². The predicted octanol–water partition coefficient (Wildman–Crippen LogP) is 4.36. The van der Waals surface area contributed by atoms with Crippen LogP contribution in [-0.2, 0) is 30.7 Å². The average molecular weight is 367 g/mol. The lowest BCUT2D eigenvalue weighted by Crippen LogP contribution is -2.41. The van der Waals surface area contributed by atoms with Crippen molar-refractivity contribution in [1.82, 2.24) is 10.6 Å². The van der Waals surface area contributed by atoms with Crippen LogP contribution in [0.5, 0.6) is 0 Å². The molecule has 1 aliphatic rings. The van der Waals surface area contributed by atoms with Crippen LogP contribution in [0.2, 0.25) is 0 Å². The summed E-state index contributed by atoms with van der Waals surface area (Å²) in [5.74, 6) is 0. The van der Waals surface area contributed by atoms with Gasteiger partial charge in [0.05, 0.1) is 0 Å². The van der Waals surface area contributed by atoms with E-state index >= 15 is 0 Å². The molecule has 0 heterocycles. The molecule has 0 aliphatic heterocycles. The van der Waals surface area contributed by atoms with Crippen LogP contribution in [0, 0.1) is 0 Å². The Morgan fingerprint density at radius 3 is 2.52 bits per heavy atom. The summed E-state index contributed by atoms with van der Waals surface area (Å²) in [6, 6.07) is 17.3. The van der Waals surface area contributed by atoms with Crippen LogP contribution in [0.3, 0.4) is 0 Å². The minimum absolute atomic E-state index is 0.148. The third-order valence-corrected chi connectivity index (χ3v) is 4.72. The van der Waals surface area contributed by atoms with E-state index in [0.717, 1.165) is 32.4 Å². The molecule has 2 N–H and O–H groups in total. The van der Waals surface area contributed by atoms with Crippen molar-refractivity contribution in [3.05, 3.63) is 70.8 Å². The molecule has 0 fully saturated rings. The first kappa shape index (κ1) is 19.4. The van der Waals surface area contributed by atoms with Gasteiger partial charge in [0.1, 0.15) is 5.60 Å². The number of aryl methyl sites for hydroxylation is 1. The van der Waals surface area contributed by atoms with Crippen LogP contribution in [-0.4, -0.2) is 17.7 Å². The molecule has 0 saturated heterocycles. The Morgan fingerprint density at radius 1 is 1.04 bits per heavy atom. The number of carbonyl (C=O) groups is 1. The summed E-state index contributed by atoms with van der Waals surface area (Å²) in [7, 11) is 0. The highest BCUT2D eigenvalue weighted by Gasteiger charge is 2.23. The molecule has 0 bridgehead atoms. The third-order valence-electron chi connectivity index (χ3n) is 4.72. The average Bonchev–Trinajstić information content (AvgIpc) is 2.61. The summed E-state index contributed by atoms with van der Waals surface area (Å²) in [5.41, 5.74) is 4.87. The quantitative estimate of drug-likeness (QED) is 0.827. The SMILES string of the molecule is CC(C)(C)OC(=O)NC1CCc2cc(CNCc3ccccc3)ccc2C1. The van der Waals surface area contributed by atoms with E-state index in [-0.39, 0.29) is 12.1 Å². The number of hydrogen-bond acceptors (Lipinski definition) is 3. The van der Waals surface area contributed by atoms with Gasteiger partial charge < -0.3 is 15.4 Å². The van der Waals surface area contributed by atoms with E-state index in [1.165, 1.54) is 22.3 Å². The Kier molecular flexibility index (Phi) is 6.17. The molecule has 3 rings (SSSR count). The van der Waals surface area contributed by atoms with E-state index in [4.69, 9.17) is 4.74 Å². The molecule has 144 valence electrons. The van der Waals surface area contributed by atoms with E-state index in [2.05, 4.69) is 53.1 Å². The summed E-state index contributed by atoms with van der Waals surface area (Å²) >= 11 is 0. The number of rotatable bonds is 5. The Labute approximate surface area is 162 Å². The second kappa shape index (κ2) is 8.57. The van der Waals surface area contributed by atoms with Crippen molar-refractivity contribution >= 4 is 6.09 Å². The first-order valence-electron chi connectivity index (χ1n) is 9.74. The number of benzene rings is 2. The fourth-order valence-electron chi connectivity index (χ4n) is 3.46. The van der Waals surface area contributed by atoms with Gasteiger partial charge in [-0.2, -0.15) is 0 Å². The minimum atomic E-state index is -0.460. The van der Waals surface area contributed by atoms with Gasteiger partial charge in [-0.1, -0.05) is 48.5 Å². The van der Waals surface area contributed by atoms with Gasteiger partial charge in [-0.3, -0.25) is 0 Å². The number of alkyl carbamates (subject to hydrolysis) is 1. The molecule has 0 aromatic heterocycles. The van der Waals surface area contributed by atoms with Crippen LogP contribution in [0.15, 0.2) is 48.5 Å². The van der Waals surface area contributed by atoms with Gasteiger partial charge in [0.2, 0.25) is 0 Å². The first-order chi connectivity index (χ1) is 12.9. The minimum Gasteiger partial charge on any atom is -0.444 e. The molecule has 1 atom stereocenters. The molecule has 2 aromatic rings. The van der Waals surface area contributed by atoms with E-state index in [1.807, 2.05) is 26.8 Å². The third kappa shape index (κ3) is 6.10. The summed E-state index contributed by atoms with van der Waals surface area (Å²) in [5, 5.41) is 6.52. The number of carbonyl (C=O) groups excluding carboxylic acids is 1. The van der Waals surface area contributed by atoms with E-state index in [0.29, 0.717) is 0 Å². The Bertz CT molecular complexity index is 766. The molecular formula is C23H30N2O2. The normalized spacial score (nSPS) is 16.5. The zero-order chi connectivity index (χ0) is 19.3. The lowest BCUT2D eigenvalue weighted by Gasteiger charge is -2.27. The standard InChI is InChI=1S/C23H30N2O2/c1-23(2,3)27-22(26)25-21-12-11-19-13-18(9-10-20(19)14-21)16-24-15-17-7-5-4-6-8-17/h4-10,13,21,24H,11-12,14-16H2,1-3H3,(H,25,26). The van der Waals surface area contributed by atoms with Crippen molar-refractivity contribution in [1.29, 1.82) is 0 Å². The molecule has 27 heavy (non-hydrogen) atoms. The number of hydrogen-bond donors (Lipinski definition) is 2. The van der Waals surface area contributed by atoms with Crippen molar-refractivity contribution in [2.24, 2.45) is 0 Å². The Hall–Kier alpha value is -2.33. The molecule has 4 heteroatoms. The highest BCUT2D eigenvalue weighted by molar-refractivity contribution is 5.68. The second-order valence-electron chi connectivity index (χ2n) is 8.28. The van der Waals surface area contributed by atoms with Crippen LogP contribution >= 0.6 is 0 Å². The van der Waals surface area contributed by atoms with Gasteiger partial charge in [0, 0.05) is 19.1 Å². The molecule has 2 aromatic carbocycles. The largest absolute Gasteiger partial charge is 0.444 e. The Morgan fingerprint density at radius 2 is 1.78 bits per heavy atom. The highest BCUT2D eigenvalue weighted by Crippen LogP contribution is 2.23. The van der Waals surface area contributed by atoms with Crippen LogP contribution < -0.4 is 10.6 Å². The number of nitrogens with one attached hydrogen (secondary N) is 2. The number of ether oxygens (including phenoxy) is 1. The van der Waals surface area contributed by atoms with Crippen molar-refractivity contribution in [3.8, 4) is 0 Å². The fraction of sp³-hybridized carbons (Fsp3) is 0.435. The lowest BCUT2D eigenvalue weighted by molar-refractivity contribution is 0.0500. The molecule has 0 spiro atoms. The van der Waals surface area contributed by atoms with Crippen molar-refractivity contribution in [3.63, 3.8) is 0 Å². The zero-order valence-corrected chi connectivity index (χ0v) is 16.5. The van der Waals surface area contributed by atoms with Crippen molar-refractivity contribution < 1.29 is 9.53 Å². The predicted molar refractivity (Wildman–Crippen MR) is 109 cm³/mol. The number of amides is 1. The Balaban J connectivity index is 1.51. The molecular weight excluding hydrogens is 336 g/mol. The first-order valence-corrected chi connectivity index (χ1v) is 9.74. The summed E-state index contributed by atoms with van der Waals surface area (Å²) in [6.45, 7) is 7.39. The molecule has 0 saturated carbocycles. The van der Waals surface area contributed by atoms with E-state index < -0.39 is 5.60 Å². The van der Waals surface area contributed by atoms with Crippen LogP contribution in [0.1, 0.15) is 49.4 Å². The van der Waals surface area contributed by atoms with Gasteiger partial charge in [-0.25, -0.2) is 4.79 Å². The summed E-state index contributed by atoms with van der Waals surface area (Å²) in [6.07, 6.45) is 2.49. The van der Waals surface area contributed by atoms with Gasteiger partial charge in [-0.05, 0) is 62.3 Å². The van der Waals surface area contributed by atoms with Crippen molar-refractivity contribution in [2.75, 3.05) is 0 Å². The van der Waals surface area contributed by atoms with Crippen molar-refractivity contribution in [2.45, 2.75) is 64.8 Å². The monoisotopic (exact) mass is 366 g/mol. The fourth-order valence-corrected chi connectivity index (χ4v) is 3.46. The topological polar surface area (TPSA) is 50.4 Å². The van der Waals surface area contributed by atoms with Crippen LogP contribution in [0.4, 0.5) is 4.79 Å². The van der Waals surface area contributed by atoms with E-state index in [1.54, 1.807) is 0 Å².